The van der Waals surface area contributed by atoms with Gasteiger partial charge in [-0.15, -0.1) is 0 Å². The molecule has 0 aliphatic carbocycles. The van der Waals surface area contributed by atoms with Crippen LogP contribution >= 0.6 is 11.6 Å². The smallest absolute Gasteiger partial charge is 0.233 e. The Kier molecular flexibility index (Phi) is 6.38. The maximum atomic E-state index is 13.5. The second-order valence-corrected chi connectivity index (χ2v) is 9.35. The molecule has 0 saturated heterocycles. The van der Waals surface area contributed by atoms with Crippen LogP contribution in [0.4, 0.5) is 5.69 Å². The third-order valence-corrected chi connectivity index (χ3v) is 6.24. The van der Waals surface area contributed by atoms with E-state index in [2.05, 4.69) is 15.6 Å². The molecule has 1 unspecified atom stereocenters. The molecular weight excluding hydrogens is 440 g/mol. The van der Waals surface area contributed by atoms with Crippen LogP contribution in [0.5, 0.6) is 0 Å². The fourth-order valence-electron chi connectivity index (χ4n) is 4.19. The van der Waals surface area contributed by atoms with E-state index in [-0.39, 0.29) is 18.4 Å². The normalized spacial score (nSPS) is 16.3. The van der Waals surface area contributed by atoms with Crippen LogP contribution in [0.1, 0.15) is 36.5 Å². The highest BCUT2D eigenvalue weighted by Gasteiger charge is 2.32. The molecule has 2 amide bonds. The minimum atomic E-state index is -1.02. The number of rotatable bonds is 5. The first-order valence-corrected chi connectivity index (χ1v) is 11.2. The van der Waals surface area contributed by atoms with E-state index >= 15 is 0 Å². The summed E-state index contributed by atoms with van der Waals surface area (Å²) in [4.78, 5) is 31.7. The monoisotopic (exact) mass is 466 g/mol. The van der Waals surface area contributed by atoms with Crippen LogP contribution in [0.15, 0.2) is 48.8 Å². The van der Waals surface area contributed by atoms with Gasteiger partial charge in [-0.1, -0.05) is 29.8 Å². The molecule has 0 radical (unpaired) electrons. The highest BCUT2D eigenvalue weighted by molar-refractivity contribution is 6.30. The van der Waals surface area contributed by atoms with E-state index in [0.29, 0.717) is 23.8 Å². The van der Waals surface area contributed by atoms with Crippen LogP contribution < -0.4 is 10.6 Å². The van der Waals surface area contributed by atoms with Crippen LogP contribution in [0.2, 0.25) is 5.02 Å². The first-order valence-electron chi connectivity index (χ1n) is 10.8. The quantitative estimate of drug-likeness (QED) is 0.535. The number of hydrogen-bond acceptors (Lipinski definition) is 5. The molecule has 0 saturated carbocycles. The Bertz CT molecular complexity index is 1220. The Balaban J connectivity index is 1.68. The Morgan fingerprint density at radius 2 is 2.00 bits per heavy atom. The molecule has 0 spiro atoms. The summed E-state index contributed by atoms with van der Waals surface area (Å²) in [6, 6.07) is 11.1. The molecule has 2 heterocycles. The van der Waals surface area contributed by atoms with Gasteiger partial charge in [-0.05, 0) is 48.7 Å². The van der Waals surface area contributed by atoms with Gasteiger partial charge in [0, 0.05) is 42.1 Å². The van der Waals surface area contributed by atoms with Gasteiger partial charge in [0.25, 0.3) is 0 Å². The van der Waals surface area contributed by atoms with Gasteiger partial charge in [0.05, 0.1) is 29.9 Å². The van der Waals surface area contributed by atoms with Crippen LogP contribution in [-0.2, 0) is 21.7 Å². The Morgan fingerprint density at radius 3 is 2.73 bits per heavy atom. The molecule has 3 N–H and O–H groups in total. The minimum Gasteiger partial charge on any atom is -0.386 e. The van der Waals surface area contributed by atoms with E-state index in [1.165, 1.54) is 0 Å². The topological polar surface area (TPSA) is 94.6 Å². The van der Waals surface area contributed by atoms with Crippen molar-refractivity contribution in [3.05, 3.63) is 70.5 Å². The van der Waals surface area contributed by atoms with Crippen molar-refractivity contribution in [3.63, 3.8) is 0 Å². The Labute approximate surface area is 197 Å². The fourth-order valence-corrected chi connectivity index (χ4v) is 4.37. The van der Waals surface area contributed by atoms with Crippen molar-refractivity contribution in [2.24, 2.45) is 0 Å². The number of fused-ring (bicyclic) bond motifs is 2. The largest absolute Gasteiger partial charge is 0.386 e. The number of nitrogens with one attached hydrogen (secondary N) is 2. The van der Waals surface area contributed by atoms with Crippen LogP contribution in [0.25, 0.3) is 10.8 Å². The molecule has 1 aliphatic heterocycles. The molecule has 4 rings (SSSR count). The molecule has 0 bridgehead atoms. The van der Waals surface area contributed by atoms with Gasteiger partial charge in [-0.25, -0.2) is 0 Å². The standard InChI is InChI=1S/C25H27ClN4O3/c1-25(2,33)17-6-4-15-10-28-11-22(20(15)8-17)29-24(32)21-13-30(14-23(31)27-3)12-16-5-7-18(26)9-19(16)21/h4-11,21,33H,12-14H2,1-3H3,(H,27,31)(H,29,32). The molecule has 8 heteroatoms. The summed E-state index contributed by atoms with van der Waals surface area (Å²) in [7, 11) is 1.60. The molecule has 172 valence electrons. The summed E-state index contributed by atoms with van der Waals surface area (Å²) in [5.41, 5.74) is 2.12. The number of likely N-dealkylation sites (N-methyl/N-ethyl adjacent to an activating group) is 1. The summed E-state index contributed by atoms with van der Waals surface area (Å²) in [6.07, 6.45) is 3.33. The summed E-state index contributed by atoms with van der Waals surface area (Å²) in [5.74, 6) is -0.822. The third kappa shape index (κ3) is 5.00. The number of aromatic nitrogens is 1. The van der Waals surface area contributed by atoms with Crippen molar-refractivity contribution < 1.29 is 14.7 Å². The van der Waals surface area contributed by atoms with Crippen molar-refractivity contribution in [1.82, 2.24) is 15.2 Å². The van der Waals surface area contributed by atoms with Gasteiger partial charge in [0.15, 0.2) is 0 Å². The molecule has 33 heavy (non-hydrogen) atoms. The highest BCUT2D eigenvalue weighted by Crippen LogP contribution is 2.33. The summed E-state index contributed by atoms with van der Waals surface area (Å²) in [5, 5.41) is 18.3. The van der Waals surface area contributed by atoms with Crippen LogP contribution in [0, 0.1) is 0 Å². The van der Waals surface area contributed by atoms with E-state index in [1.807, 2.05) is 35.2 Å². The predicted molar refractivity (Wildman–Crippen MR) is 129 cm³/mol. The number of carbonyl (C=O) groups is 2. The van der Waals surface area contributed by atoms with E-state index in [0.717, 1.165) is 27.5 Å². The number of pyridine rings is 1. The van der Waals surface area contributed by atoms with E-state index in [1.54, 1.807) is 39.4 Å². The first kappa shape index (κ1) is 23.2. The molecule has 0 fully saturated rings. The van der Waals surface area contributed by atoms with Gasteiger partial charge >= 0.3 is 0 Å². The lowest BCUT2D eigenvalue weighted by Gasteiger charge is -2.33. The van der Waals surface area contributed by atoms with E-state index in [4.69, 9.17) is 11.6 Å². The van der Waals surface area contributed by atoms with Crippen molar-refractivity contribution in [3.8, 4) is 0 Å². The van der Waals surface area contributed by atoms with Crippen LogP contribution in [-0.4, -0.2) is 46.9 Å². The van der Waals surface area contributed by atoms with Crippen molar-refractivity contribution in [2.75, 3.05) is 25.5 Å². The lowest BCUT2D eigenvalue weighted by molar-refractivity contribution is -0.123. The molecular formula is C25H27ClN4O3. The predicted octanol–water partition coefficient (Wildman–Crippen LogP) is 3.40. The molecule has 1 atom stereocenters. The van der Waals surface area contributed by atoms with Gasteiger partial charge in [-0.2, -0.15) is 0 Å². The van der Waals surface area contributed by atoms with E-state index in [9.17, 15) is 14.7 Å². The van der Waals surface area contributed by atoms with Gasteiger partial charge in [0.1, 0.15) is 0 Å². The maximum Gasteiger partial charge on any atom is 0.233 e. The number of aliphatic hydroxyl groups is 1. The van der Waals surface area contributed by atoms with Crippen molar-refractivity contribution in [2.45, 2.75) is 31.9 Å². The van der Waals surface area contributed by atoms with Gasteiger partial charge < -0.3 is 15.7 Å². The lowest BCUT2D eigenvalue weighted by atomic mass is 9.88. The van der Waals surface area contributed by atoms with Crippen molar-refractivity contribution >= 4 is 39.9 Å². The number of anilines is 1. The summed E-state index contributed by atoms with van der Waals surface area (Å²) >= 11 is 6.25. The Morgan fingerprint density at radius 1 is 1.21 bits per heavy atom. The number of nitrogens with zero attached hydrogens (tertiary/aromatic N) is 2. The molecule has 1 aromatic heterocycles. The molecule has 7 nitrogen and oxygen atoms in total. The zero-order valence-corrected chi connectivity index (χ0v) is 19.6. The zero-order chi connectivity index (χ0) is 23.8. The average Bonchev–Trinajstić information content (AvgIpc) is 2.78. The average molecular weight is 467 g/mol. The van der Waals surface area contributed by atoms with Crippen LogP contribution in [0.3, 0.4) is 0 Å². The number of halogens is 1. The first-order chi connectivity index (χ1) is 15.7. The van der Waals surface area contributed by atoms with Gasteiger partial charge in [-0.3, -0.25) is 19.5 Å². The van der Waals surface area contributed by atoms with Gasteiger partial charge in [0.2, 0.25) is 11.8 Å². The number of benzene rings is 2. The fraction of sp³-hybridized carbons (Fsp3) is 0.320. The Hall–Kier alpha value is -3.00. The SMILES string of the molecule is CNC(=O)CN1Cc2ccc(Cl)cc2C(C(=O)Nc2cncc3ccc(C(C)(C)O)cc23)C1. The lowest BCUT2D eigenvalue weighted by Crippen LogP contribution is -2.43. The number of hydrogen-bond donors (Lipinski definition) is 3. The third-order valence-electron chi connectivity index (χ3n) is 6.01. The molecule has 3 aromatic rings. The maximum absolute atomic E-state index is 13.5. The summed E-state index contributed by atoms with van der Waals surface area (Å²) < 4.78 is 0. The number of amides is 2. The second kappa shape index (κ2) is 9.09. The molecule has 1 aliphatic rings. The highest BCUT2D eigenvalue weighted by atomic mass is 35.5. The van der Waals surface area contributed by atoms with E-state index < -0.39 is 11.5 Å². The second-order valence-electron chi connectivity index (χ2n) is 8.91. The zero-order valence-electron chi connectivity index (χ0n) is 18.9. The minimum absolute atomic E-state index is 0.107. The molecule has 2 aromatic carbocycles. The summed E-state index contributed by atoms with van der Waals surface area (Å²) in [6.45, 7) is 4.59. The van der Waals surface area contributed by atoms with Crippen molar-refractivity contribution in [1.29, 1.82) is 0 Å². The number of carbonyl (C=O) groups excluding carboxylic acids is 2.